The van der Waals surface area contributed by atoms with Crippen molar-refractivity contribution in [2.24, 2.45) is 0 Å². The van der Waals surface area contributed by atoms with E-state index >= 15 is 0 Å². The van der Waals surface area contributed by atoms with Crippen LogP contribution in [0, 0.1) is 0 Å². The third kappa shape index (κ3) is 5.17. The molecule has 2 heterocycles. The zero-order valence-electron chi connectivity index (χ0n) is 18.3. The Morgan fingerprint density at radius 3 is 2.56 bits per heavy atom. The minimum Gasteiger partial charge on any atom is -0.497 e. The lowest BCUT2D eigenvalue weighted by Crippen LogP contribution is -2.44. The van der Waals surface area contributed by atoms with Crippen LogP contribution in [0.4, 0.5) is 0 Å². The molecule has 0 aromatic heterocycles. The van der Waals surface area contributed by atoms with Gasteiger partial charge in [-0.25, -0.2) is 0 Å². The summed E-state index contributed by atoms with van der Waals surface area (Å²) in [5.74, 6) is 1.22. The molecule has 1 N–H and O–H groups in total. The zero-order valence-corrected chi connectivity index (χ0v) is 19.8. The predicted molar refractivity (Wildman–Crippen MR) is 125 cm³/mol. The van der Waals surface area contributed by atoms with Crippen molar-refractivity contribution in [2.45, 2.75) is 36.3 Å². The molecule has 0 aliphatic carbocycles. The molecule has 2 aliphatic rings. The molecule has 1 amide bonds. The van der Waals surface area contributed by atoms with Crippen LogP contribution in [0.5, 0.6) is 5.75 Å². The standard InChI is InChI=1S/C24H29ClN2O4S/c1-31-21-6-7-22-18(16-21)17-27(14-15-32(22)30)23(28)8-11-26-12-9-24(29,10-13-26)19-2-4-20(25)5-3-19/h2-7,16,29H,8-15,17H2,1H3. The Labute approximate surface area is 196 Å². The first-order chi connectivity index (χ1) is 15.4. The van der Waals surface area contributed by atoms with E-state index in [9.17, 15) is 14.1 Å². The van der Waals surface area contributed by atoms with E-state index in [1.807, 2.05) is 42.5 Å². The minimum absolute atomic E-state index is 0.0659. The summed E-state index contributed by atoms with van der Waals surface area (Å²) < 4.78 is 17.9. The Hall–Kier alpha value is -1.93. The average Bonchev–Trinajstić information content (AvgIpc) is 2.97. The number of nitrogens with zero attached hydrogens (tertiary/aromatic N) is 2. The molecule has 32 heavy (non-hydrogen) atoms. The first-order valence-electron chi connectivity index (χ1n) is 10.9. The number of likely N-dealkylation sites (tertiary alicyclic amines) is 1. The second-order valence-corrected chi connectivity index (χ2v) is 10.4. The molecule has 2 aliphatic heterocycles. The number of hydrogen-bond donors (Lipinski definition) is 1. The molecule has 2 aromatic carbocycles. The highest BCUT2D eigenvalue weighted by Crippen LogP contribution is 2.33. The molecule has 0 bridgehead atoms. The topological polar surface area (TPSA) is 70.1 Å². The smallest absolute Gasteiger partial charge is 0.224 e. The fraction of sp³-hybridized carbons (Fsp3) is 0.458. The normalized spacial score (nSPS) is 21.0. The van der Waals surface area contributed by atoms with Gasteiger partial charge in [-0.1, -0.05) is 23.7 Å². The van der Waals surface area contributed by atoms with E-state index < -0.39 is 16.4 Å². The predicted octanol–water partition coefficient (Wildman–Crippen LogP) is 3.17. The maximum atomic E-state index is 13.0. The van der Waals surface area contributed by atoms with E-state index in [0.29, 0.717) is 55.4 Å². The van der Waals surface area contributed by atoms with Crippen LogP contribution in [0.3, 0.4) is 0 Å². The highest BCUT2D eigenvalue weighted by Gasteiger charge is 2.34. The van der Waals surface area contributed by atoms with E-state index in [1.165, 1.54) is 0 Å². The number of hydrogen-bond acceptors (Lipinski definition) is 5. The molecule has 0 saturated carbocycles. The fourth-order valence-electron chi connectivity index (χ4n) is 4.44. The first kappa shape index (κ1) is 23.2. The number of fused-ring (bicyclic) bond motifs is 1. The Kier molecular flexibility index (Phi) is 7.20. The van der Waals surface area contributed by atoms with Gasteiger partial charge in [0.1, 0.15) is 5.75 Å². The summed E-state index contributed by atoms with van der Waals surface area (Å²) in [5.41, 5.74) is 0.937. The molecule has 2 aromatic rings. The number of rotatable bonds is 5. The molecule has 1 unspecified atom stereocenters. The highest BCUT2D eigenvalue weighted by molar-refractivity contribution is 7.85. The van der Waals surface area contributed by atoms with Gasteiger partial charge in [0.25, 0.3) is 0 Å². The number of aliphatic hydroxyl groups is 1. The lowest BCUT2D eigenvalue weighted by Gasteiger charge is -2.38. The molecule has 0 spiro atoms. The Morgan fingerprint density at radius 2 is 1.88 bits per heavy atom. The van der Waals surface area contributed by atoms with Gasteiger partial charge in [0.05, 0.1) is 23.5 Å². The number of halogens is 1. The van der Waals surface area contributed by atoms with Crippen molar-refractivity contribution >= 4 is 28.3 Å². The van der Waals surface area contributed by atoms with Gasteiger partial charge in [-0.2, -0.15) is 0 Å². The van der Waals surface area contributed by atoms with E-state index in [2.05, 4.69) is 4.90 Å². The molecule has 1 atom stereocenters. The third-order valence-corrected chi connectivity index (χ3v) is 8.17. The van der Waals surface area contributed by atoms with Crippen molar-refractivity contribution < 1.29 is 18.8 Å². The number of amides is 1. The van der Waals surface area contributed by atoms with E-state index in [4.69, 9.17) is 16.3 Å². The summed E-state index contributed by atoms with van der Waals surface area (Å²) >= 11 is 5.97. The van der Waals surface area contributed by atoms with Crippen LogP contribution in [0.15, 0.2) is 47.4 Å². The van der Waals surface area contributed by atoms with Crippen LogP contribution >= 0.6 is 11.6 Å². The number of carbonyl (C=O) groups excluding carboxylic acids is 1. The van der Waals surface area contributed by atoms with Crippen molar-refractivity contribution in [1.82, 2.24) is 9.80 Å². The van der Waals surface area contributed by atoms with E-state index in [0.717, 1.165) is 29.1 Å². The first-order valence-corrected chi connectivity index (χ1v) is 12.6. The SMILES string of the molecule is COc1ccc2c(c1)CN(C(=O)CCN1CCC(O)(c3ccc(Cl)cc3)CC1)CCS2=O. The lowest BCUT2D eigenvalue weighted by molar-refractivity contribution is -0.132. The highest BCUT2D eigenvalue weighted by atomic mass is 35.5. The van der Waals surface area contributed by atoms with Gasteiger partial charge in [-0.05, 0) is 54.3 Å². The number of ether oxygens (including phenoxy) is 1. The molecule has 172 valence electrons. The number of benzene rings is 2. The van der Waals surface area contributed by atoms with Gasteiger partial charge >= 0.3 is 0 Å². The Morgan fingerprint density at radius 1 is 1.16 bits per heavy atom. The molecule has 1 saturated heterocycles. The van der Waals surface area contributed by atoms with Gasteiger partial charge in [0, 0.05) is 54.8 Å². The van der Waals surface area contributed by atoms with Crippen LogP contribution in [-0.4, -0.2) is 64.1 Å². The van der Waals surface area contributed by atoms with Crippen LogP contribution < -0.4 is 4.74 Å². The van der Waals surface area contributed by atoms with Crippen molar-refractivity contribution in [1.29, 1.82) is 0 Å². The fourth-order valence-corrected chi connectivity index (χ4v) is 5.80. The summed E-state index contributed by atoms with van der Waals surface area (Å²) in [6.07, 6.45) is 1.66. The van der Waals surface area contributed by atoms with Crippen LogP contribution in [0.2, 0.25) is 5.02 Å². The van der Waals surface area contributed by atoms with Crippen molar-refractivity contribution in [3.8, 4) is 5.75 Å². The summed E-state index contributed by atoms with van der Waals surface area (Å²) in [4.78, 5) is 17.8. The summed E-state index contributed by atoms with van der Waals surface area (Å²) in [7, 11) is 0.489. The van der Waals surface area contributed by atoms with Gasteiger partial charge < -0.3 is 19.6 Å². The van der Waals surface area contributed by atoms with Gasteiger partial charge in [-0.15, -0.1) is 0 Å². The Bertz CT molecular complexity index is 990. The van der Waals surface area contributed by atoms with Crippen LogP contribution in [0.1, 0.15) is 30.4 Å². The molecular weight excluding hydrogens is 448 g/mol. The lowest BCUT2D eigenvalue weighted by atomic mass is 9.84. The maximum Gasteiger partial charge on any atom is 0.224 e. The molecule has 6 nitrogen and oxygen atoms in total. The van der Waals surface area contributed by atoms with Crippen molar-refractivity contribution in [3.63, 3.8) is 0 Å². The van der Waals surface area contributed by atoms with Gasteiger partial charge in [0.2, 0.25) is 5.91 Å². The minimum atomic E-state index is -1.11. The molecule has 1 fully saturated rings. The summed E-state index contributed by atoms with van der Waals surface area (Å²) in [6, 6.07) is 12.9. The quantitative estimate of drug-likeness (QED) is 0.717. The molecule has 4 rings (SSSR count). The van der Waals surface area contributed by atoms with E-state index in [1.54, 1.807) is 12.0 Å². The molecule has 0 radical (unpaired) electrons. The van der Waals surface area contributed by atoms with Crippen molar-refractivity contribution in [2.75, 3.05) is 39.0 Å². The monoisotopic (exact) mass is 476 g/mol. The molecular formula is C24H29ClN2O4S. The van der Waals surface area contributed by atoms with Crippen molar-refractivity contribution in [3.05, 3.63) is 58.6 Å². The maximum absolute atomic E-state index is 13.0. The Balaban J connectivity index is 1.32. The summed E-state index contributed by atoms with van der Waals surface area (Å²) in [5, 5.41) is 11.7. The largest absolute Gasteiger partial charge is 0.497 e. The second-order valence-electron chi connectivity index (χ2n) is 8.47. The average molecular weight is 477 g/mol. The van der Waals surface area contributed by atoms with Gasteiger partial charge in [-0.3, -0.25) is 9.00 Å². The third-order valence-electron chi connectivity index (χ3n) is 6.48. The molecule has 8 heteroatoms. The number of carbonyl (C=O) groups is 1. The summed E-state index contributed by atoms with van der Waals surface area (Å²) in [6.45, 7) is 3.05. The van der Waals surface area contributed by atoms with Crippen LogP contribution in [0.25, 0.3) is 0 Å². The van der Waals surface area contributed by atoms with Gasteiger partial charge in [0.15, 0.2) is 0 Å². The van der Waals surface area contributed by atoms with E-state index in [-0.39, 0.29) is 5.91 Å². The number of piperidine rings is 1. The second kappa shape index (κ2) is 9.91. The van der Waals surface area contributed by atoms with Crippen LogP contribution in [-0.2, 0) is 27.7 Å². The number of methoxy groups -OCH3 is 1. The zero-order chi connectivity index (χ0) is 22.7.